The average Bonchev–Trinajstić information content (AvgIpc) is 2.78. The first-order valence-electron chi connectivity index (χ1n) is 3.59. The molecular formula is C8H6ClO3P. The molecule has 2 aromatic rings. The lowest BCUT2D eigenvalue weighted by Gasteiger charge is -2.02. The lowest BCUT2D eigenvalue weighted by Crippen LogP contribution is -2.07. The van der Waals surface area contributed by atoms with Crippen LogP contribution in [0.1, 0.15) is 0 Å². The second-order valence-electron chi connectivity index (χ2n) is 2.43. The summed E-state index contributed by atoms with van der Waals surface area (Å²) >= 11 is 5.84. The van der Waals surface area contributed by atoms with E-state index in [-0.39, 0.29) is 11.0 Å². The fourth-order valence-electron chi connectivity index (χ4n) is 0.976. The Morgan fingerprint density at radius 2 is 1.54 bits per heavy atom. The smallest absolute Gasteiger partial charge is 0.293 e. The van der Waals surface area contributed by atoms with Gasteiger partial charge in [0.15, 0.2) is 11.0 Å². The summed E-state index contributed by atoms with van der Waals surface area (Å²) in [6.07, 6.45) is 2.85. The second-order valence-corrected chi connectivity index (χ2v) is 5.81. The second kappa shape index (κ2) is 3.09. The zero-order valence-corrected chi connectivity index (χ0v) is 8.16. The molecule has 0 fully saturated rings. The van der Waals surface area contributed by atoms with Crippen LogP contribution in [0.2, 0.25) is 0 Å². The van der Waals surface area contributed by atoms with E-state index in [4.69, 9.17) is 20.1 Å². The van der Waals surface area contributed by atoms with Gasteiger partial charge in [-0.1, -0.05) is 0 Å². The molecule has 0 spiro atoms. The van der Waals surface area contributed by atoms with Crippen molar-refractivity contribution in [2.45, 2.75) is 0 Å². The van der Waals surface area contributed by atoms with Crippen molar-refractivity contribution in [3.05, 3.63) is 36.8 Å². The molecule has 0 aliphatic carbocycles. The van der Waals surface area contributed by atoms with Gasteiger partial charge in [-0.15, -0.1) is 0 Å². The highest BCUT2D eigenvalue weighted by Gasteiger charge is 2.30. The van der Waals surface area contributed by atoms with E-state index in [1.54, 1.807) is 24.3 Å². The summed E-state index contributed by atoms with van der Waals surface area (Å²) in [5, 5.41) is 0. The summed E-state index contributed by atoms with van der Waals surface area (Å²) < 4.78 is 21.9. The number of hydrogen-bond acceptors (Lipinski definition) is 3. The van der Waals surface area contributed by atoms with Crippen molar-refractivity contribution < 1.29 is 13.4 Å². The third kappa shape index (κ3) is 1.45. The van der Waals surface area contributed by atoms with Crippen LogP contribution < -0.4 is 11.0 Å². The van der Waals surface area contributed by atoms with Gasteiger partial charge in [0.1, 0.15) is 0 Å². The predicted molar refractivity (Wildman–Crippen MR) is 50.1 cm³/mol. The van der Waals surface area contributed by atoms with Crippen molar-refractivity contribution in [2.24, 2.45) is 0 Å². The van der Waals surface area contributed by atoms with E-state index >= 15 is 0 Å². The van der Waals surface area contributed by atoms with Crippen molar-refractivity contribution in [1.82, 2.24) is 0 Å². The van der Waals surface area contributed by atoms with Crippen molar-refractivity contribution in [2.75, 3.05) is 0 Å². The van der Waals surface area contributed by atoms with Gasteiger partial charge in [-0.25, -0.2) is 0 Å². The molecule has 0 unspecified atom stereocenters. The molecule has 0 atom stereocenters. The van der Waals surface area contributed by atoms with E-state index in [9.17, 15) is 4.57 Å². The fraction of sp³-hybridized carbons (Fsp3) is 0. The van der Waals surface area contributed by atoms with Crippen LogP contribution in [-0.2, 0) is 4.57 Å². The lowest BCUT2D eigenvalue weighted by molar-refractivity contribution is 0.554. The Bertz CT molecular complexity index is 380. The summed E-state index contributed by atoms with van der Waals surface area (Å²) in [5.74, 6) is 0. The Labute approximate surface area is 79.5 Å². The van der Waals surface area contributed by atoms with E-state index in [2.05, 4.69) is 0 Å². The Morgan fingerprint density at radius 1 is 1.08 bits per heavy atom. The summed E-state index contributed by atoms with van der Waals surface area (Å²) in [6, 6.07) is 6.40. The molecule has 0 N–H and O–H groups in total. The Kier molecular flexibility index (Phi) is 2.06. The largest absolute Gasteiger partial charge is 0.460 e. The average molecular weight is 217 g/mol. The van der Waals surface area contributed by atoms with Crippen LogP contribution >= 0.6 is 17.7 Å². The lowest BCUT2D eigenvalue weighted by atomic mass is 10.7. The molecule has 0 saturated heterocycles. The number of furan rings is 2. The van der Waals surface area contributed by atoms with Gasteiger partial charge >= 0.3 is 0 Å². The van der Waals surface area contributed by atoms with E-state index < -0.39 is 6.49 Å². The predicted octanol–water partition coefficient (Wildman–Crippen LogP) is 2.34. The van der Waals surface area contributed by atoms with Crippen LogP contribution in [0.3, 0.4) is 0 Å². The Balaban J connectivity index is 2.49. The molecule has 0 aromatic carbocycles. The van der Waals surface area contributed by atoms with Crippen LogP contribution in [0.5, 0.6) is 0 Å². The Morgan fingerprint density at radius 3 is 1.85 bits per heavy atom. The maximum atomic E-state index is 11.9. The maximum absolute atomic E-state index is 11.9. The van der Waals surface area contributed by atoms with E-state index in [0.29, 0.717) is 0 Å². The fourth-order valence-corrected chi connectivity index (χ4v) is 2.72. The van der Waals surface area contributed by atoms with Gasteiger partial charge in [0.2, 0.25) is 0 Å². The minimum Gasteiger partial charge on any atom is -0.460 e. The molecule has 0 bridgehead atoms. The molecule has 0 amide bonds. The highest BCUT2D eigenvalue weighted by molar-refractivity contribution is 8.00. The molecule has 0 aliphatic rings. The third-order valence-electron chi connectivity index (χ3n) is 1.58. The molecule has 2 rings (SSSR count). The minimum atomic E-state index is -3.16. The molecular weight excluding hydrogens is 211 g/mol. The van der Waals surface area contributed by atoms with Crippen molar-refractivity contribution in [3.63, 3.8) is 0 Å². The molecule has 68 valence electrons. The van der Waals surface area contributed by atoms with Gasteiger partial charge in [-0.2, -0.15) is 0 Å². The van der Waals surface area contributed by atoms with Gasteiger partial charge in [-0.3, -0.25) is 4.57 Å². The van der Waals surface area contributed by atoms with Gasteiger partial charge < -0.3 is 8.83 Å². The molecule has 0 saturated carbocycles. The number of hydrogen-bond donors (Lipinski definition) is 0. The topological polar surface area (TPSA) is 43.4 Å². The molecule has 13 heavy (non-hydrogen) atoms. The van der Waals surface area contributed by atoms with Crippen molar-refractivity contribution in [3.8, 4) is 0 Å². The molecule has 5 heteroatoms. The minimum absolute atomic E-state index is 0.240. The normalized spacial score (nSPS) is 11.8. The van der Waals surface area contributed by atoms with E-state index in [1.807, 2.05) is 0 Å². The van der Waals surface area contributed by atoms with Gasteiger partial charge in [0.05, 0.1) is 12.5 Å². The monoisotopic (exact) mass is 216 g/mol. The van der Waals surface area contributed by atoms with Crippen LogP contribution in [0.15, 0.2) is 45.6 Å². The van der Waals surface area contributed by atoms with Gasteiger partial charge in [0.25, 0.3) is 6.49 Å². The van der Waals surface area contributed by atoms with Crippen LogP contribution in [0.4, 0.5) is 0 Å². The maximum Gasteiger partial charge on any atom is 0.293 e. The highest BCUT2D eigenvalue weighted by Crippen LogP contribution is 2.48. The van der Waals surface area contributed by atoms with Crippen LogP contribution in [-0.4, -0.2) is 0 Å². The van der Waals surface area contributed by atoms with Crippen molar-refractivity contribution in [1.29, 1.82) is 0 Å². The summed E-state index contributed by atoms with van der Waals surface area (Å²) in [7, 11) is 0. The van der Waals surface area contributed by atoms with Crippen molar-refractivity contribution >= 4 is 28.7 Å². The van der Waals surface area contributed by atoms with Crippen LogP contribution in [0, 0.1) is 0 Å². The molecule has 0 radical (unpaired) electrons. The SMILES string of the molecule is O=P(Cl)(c1ccco1)c1ccco1. The summed E-state index contributed by atoms with van der Waals surface area (Å²) in [4.78, 5) is 0. The molecule has 3 nitrogen and oxygen atoms in total. The zero-order chi connectivity index (χ0) is 9.31. The third-order valence-corrected chi connectivity index (χ3v) is 4.22. The first-order valence-corrected chi connectivity index (χ1v) is 6.20. The molecule has 2 aromatic heterocycles. The van der Waals surface area contributed by atoms with Gasteiger partial charge in [0, 0.05) is 0 Å². The number of rotatable bonds is 2. The first kappa shape index (κ1) is 8.67. The van der Waals surface area contributed by atoms with Gasteiger partial charge in [-0.05, 0) is 35.5 Å². The molecule has 0 aliphatic heterocycles. The Hall–Kier alpha value is -0.920. The zero-order valence-electron chi connectivity index (χ0n) is 6.51. The first-order chi connectivity index (χ1) is 6.21. The van der Waals surface area contributed by atoms with E-state index in [0.717, 1.165) is 0 Å². The van der Waals surface area contributed by atoms with E-state index in [1.165, 1.54) is 12.5 Å². The van der Waals surface area contributed by atoms with Crippen LogP contribution in [0.25, 0.3) is 0 Å². The summed E-state index contributed by atoms with van der Waals surface area (Å²) in [5.41, 5.74) is 0.480. The highest BCUT2D eigenvalue weighted by atomic mass is 35.7. The number of halogens is 1. The molecule has 2 heterocycles. The standard InChI is InChI=1S/C8H6ClO3P/c9-13(10,7-3-1-5-11-7)8-4-2-6-12-8/h1-6H. The quantitative estimate of drug-likeness (QED) is 0.724. The summed E-state index contributed by atoms with van der Waals surface area (Å²) in [6.45, 7) is -3.16.